The molecule has 0 aromatic heterocycles. The Bertz CT molecular complexity index is 422. The van der Waals surface area contributed by atoms with Crippen LogP contribution in [-0.2, 0) is 16.4 Å². The molecule has 0 heterocycles. The van der Waals surface area contributed by atoms with Crippen molar-refractivity contribution < 1.29 is 8.42 Å². The minimum absolute atomic E-state index is 0.439. The van der Waals surface area contributed by atoms with E-state index in [0.717, 1.165) is 10.0 Å². The number of nitrogens with one attached hydrogen (secondary N) is 1. The monoisotopic (exact) mass is 291 g/mol. The van der Waals surface area contributed by atoms with Gasteiger partial charge in [0.05, 0.1) is 6.26 Å². The number of benzene rings is 1. The molecule has 0 saturated heterocycles. The molecule has 1 aromatic carbocycles. The van der Waals surface area contributed by atoms with Gasteiger partial charge in [-0.05, 0) is 36.6 Å². The largest absolute Gasteiger partial charge is 0.215 e. The predicted octanol–water partition coefficient (Wildman–Crippen LogP) is 1.85. The van der Waals surface area contributed by atoms with Gasteiger partial charge in [0.2, 0.25) is 10.0 Å². The molecular formula is C10H14BrNO2S. The maximum Gasteiger partial charge on any atom is 0.208 e. The molecule has 1 aromatic rings. The van der Waals surface area contributed by atoms with Gasteiger partial charge in [0.1, 0.15) is 0 Å². The van der Waals surface area contributed by atoms with Crippen LogP contribution in [0, 0.1) is 6.92 Å². The third kappa shape index (κ3) is 5.30. The van der Waals surface area contributed by atoms with Gasteiger partial charge in [-0.1, -0.05) is 22.0 Å². The van der Waals surface area contributed by atoms with Crippen molar-refractivity contribution in [2.75, 3.05) is 12.8 Å². The van der Waals surface area contributed by atoms with Crippen LogP contribution >= 0.6 is 15.9 Å². The average molecular weight is 292 g/mol. The van der Waals surface area contributed by atoms with E-state index in [9.17, 15) is 8.42 Å². The van der Waals surface area contributed by atoms with Crippen LogP contribution in [0.1, 0.15) is 11.1 Å². The zero-order chi connectivity index (χ0) is 11.5. The van der Waals surface area contributed by atoms with Crippen molar-refractivity contribution in [3.63, 3.8) is 0 Å². The van der Waals surface area contributed by atoms with E-state index in [1.165, 1.54) is 11.8 Å². The summed E-state index contributed by atoms with van der Waals surface area (Å²) in [6.07, 6.45) is 1.87. The van der Waals surface area contributed by atoms with Crippen molar-refractivity contribution in [2.24, 2.45) is 0 Å². The summed E-state index contributed by atoms with van der Waals surface area (Å²) in [5, 5.41) is 0. The first-order valence-electron chi connectivity index (χ1n) is 4.57. The lowest BCUT2D eigenvalue weighted by Gasteiger charge is -2.04. The molecule has 0 radical (unpaired) electrons. The molecule has 84 valence electrons. The lowest BCUT2D eigenvalue weighted by atomic mass is 10.1. The van der Waals surface area contributed by atoms with Gasteiger partial charge < -0.3 is 0 Å². The highest BCUT2D eigenvalue weighted by atomic mass is 79.9. The van der Waals surface area contributed by atoms with Crippen molar-refractivity contribution in [1.82, 2.24) is 4.72 Å². The van der Waals surface area contributed by atoms with Crippen molar-refractivity contribution in [3.05, 3.63) is 33.8 Å². The molecule has 0 unspecified atom stereocenters. The summed E-state index contributed by atoms with van der Waals surface area (Å²) in [5.41, 5.74) is 2.29. The second kappa shape index (κ2) is 5.09. The molecule has 0 atom stereocenters. The molecule has 5 heteroatoms. The first-order valence-corrected chi connectivity index (χ1v) is 7.26. The third-order valence-corrected chi connectivity index (χ3v) is 3.07. The van der Waals surface area contributed by atoms with E-state index < -0.39 is 10.0 Å². The zero-order valence-corrected chi connectivity index (χ0v) is 11.2. The van der Waals surface area contributed by atoms with Crippen molar-refractivity contribution in [2.45, 2.75) is 13.3 Å². The fourth-order valence-corrected chi connectivity index (χ4v) is 2.47. The van der Waals surface area contributed by atoms with Crippen LogP contribution in [0.15, 0.2) is 22.7 Å². The molecule has 0 spiro atoms. The van der Waals surface area contributed by atoms with Crippen molar-refractivity contribution in [1.29, 1.82) is 0 Å². The molecule has 0 aliphatic heterocycles. The quantitative estimate of drug-likeness (QED) is 0.920. The Morgan fingerprint density at radius 3 is 2.53 bits per heavy atom. The van der Waals surface area contributed by atoms with Crippen LogP contribution in [0.3, 0.4) is 0 Å². The van der Waals surface area contributed by atoms with Crippen molar-refractivity contribution in [3.8, 4) is 0 Å². The van der Waals surface area contributed by atoms with E-state index in [2.05, 4.69) is 26.7 Å². The Labute approximate surface area is 99.1 Å². The van der Waals surface area contributed by atoms with Gasteiger partial charge in [0, 0.05) is 11.0 Å². The summed E-state index contributed by atoms with van der Waals surface area (Å²) in [6.45, 7) is 2.45. The van der Waals surface area contributed by atoms with E-state index in [-0.39, 0.29) is 0 Å². The van der Waals surface area contributed by atoms with E-state index >= 15 is 0 Å². The second-order valence-corrected chi connectivity index (χ2v) is 6.30. The molecule has 1 N–H and O–H groups in total. The minimum Gasteiger partial charge on any atom is -0.215 e. The highest BCUT2D eigenvalue weighted by Gasteiger charge is 2.01. The maximum atomic E-state index is 10.8. The first kappa shape index (κ1) is 12.7. The Kier molecular flexibility index (Phi) is 4.31. The van der Waals surface area contributed by atoms with E-state index in [1.54, 1.807) is 0 Å². The number of aryl methyl sites for hydroxylation is 1. The van der Waals surface area contributed by atoms with Gasteiger partial charge in [-0.3, -0.25) is 0 Å². The van der Waals surface area contributed by atoms with Crippen molar-refractivity contribution >= 4 is 26.0 Å². The summed E-state index contributed by atoms with van der Waals surface area (Å²) in [6, 6.07) is 6.07. The fourth-order valence-electron chi connectivity index (χ4n) is 1.34. The third-order valence-electron chi connectivity index (χ3n) is 1.88. The Balaban J connectivity index is 2.58. The molecule has 15 heavy (non-hydrogen) atoms. The highest BCUT2D eigenvalue weighted by molar-refractivity contribution is 9.10. The fraction of sp³-hybridized carbons (Fsp3) is 0.400. The minimum atomic E-state index is -3.08. The summed E-state index contributed by atoms with van der Waals surface area (Å²) in [7, 11) is -3.08. The average Bonchev–Trinajstić information content (AvgIpc) is 1.99. The van der Waals surface area contributed by atoms with Crippen LogP contribution in [0.5, 0.6) is 0 Å². The number of hydrogen-bond acceptors (Lipinski definition) is 2. The summed E-state index contributed by atoms with van der Waals surface area (Å²) in [4.78, 5) is 0. The number of hydrogen-bond donors (Lipinski definition) is 1. The Morgan fingerprint density at radius 1 is 1.33 bits per heavy atom. The SMILES string of the molecule is Cc1cc(Br)cc(CCNS(C)(=O)=O)c1. The summed E-state index contributed by atoms with van der Waals surface area (Å²) < 4.78 is 25.2. The molecule has 0 fully saturated rings. The molecule has 0 aliphatic rings. The van der Waals surface area contributed by atoms with Crippen LogP contribution < -0.4 is 4.72 Å². The molecule has 0 amide bonds. The standard InChI is InChI=1S/C10H14BrNO2S/c1-8-5-9(7-10(11)6-8)3-4-12-15(2,13)14/h5-7,12H,3-4H2,1-2H3. The lowest BCUT2D eigenvalue weighted by molar-refractivity contribution is 0.588. The molecule has 0 bridgehead atoms. The maximum absolute atomic E-state index is 10.8. The predicted molar refractivity (Wildman–Crippen MR) is 65.4 cm³/mol. The molecule has 0 aliphatic carbocycles. The Morgan fingerprint density at radius 2 is 2.00 bits per heavy atom. The molecule has 0 saturated carbocycles. The van der Waals surface area contributed by atoms with Gasteiger partial charge in [0.15, 0.2) is 0 Å². The smallest absolute Gasteiger partial charge is 0.208 e. The van der Waals surface area contributed by atoms with Crippen LogP contribution in [0.4, 0.5) is 0 Å². The van der Waals surface area contributed by atoms with Crippen LogP contribution in [0.25, 0.3) is 0 Å². The topological polar surface area (TPSA) is 46.2 Å². The molecule has 3 nitrogen and oxygen atoms in total. The summed E-state index contributed by atoms with van der Waals surface area (Å²) >= 11 is 3.41. The molecule has 1 rings (SSSR count). The number of rotatable bonds is 4. The normalized spacial score (nSPS) is 11.7. The van der Waals surface area contributed by atoms with E-state index in [1.807, 2.05) is 19.1 Å². The molecular weight excluding hydrogens is 278 g/mol. The van der Waals surface area contributed by atoms with Gasteiger partial charge in [-0.25, -0.2) is 13.1 Å². The van der Waals surface area contributed by atoms with Crippen LogP contribution in [-0.4, -0.2) is 21.2 Å². The Hall–Kier alpha value is -0.390. The zero-order valence-electron chi connectivity index (χ0n) is 8.75. The lowest BCUT2D eigenvalue weighted by Crippen LogP contribution is -2.24. The van der Waals surface area contributed by atoms with Gasteiger partial charge in [0.25, 0.3) is 0 Å². The summed E-state index contributed by atoms with van der Waals surface area (Å²) in [5.74, 6) is 0. The van der Waals surface area contributed by atoms with Gasteiger partial charge in [-0.2, -0.15) is 0 Å². The van der Waals surface area contributed by atoms with Crippen LogP contribution in [0.2, 0.25) is 0 Å². The highest BCUT2D eigenvalue weighted by Crippen LogP contribution is 2.15. The van der Waals surface area contributed by atoms with E-state index in [4.69, 9.17) is 0 Å². The first-order chi connectivity index (χ1) is 6.87. The van der Waals surface area contributed by atoms with Gasteiger partial charge >= 0.3 is 0 Å². The second-order valence-electron chi connectivity index (χ2n) is 3.55. The number of sulfonamides is 1. The number of halogens is 1. The van der Waals surface area contributed by atoms with E-state index in [0.29, 0.717) is 13.0 Å². The van der Waals surface area contributed by atoms with Gasteiger partial charge in [-0.15, -0.1) is 0 Å².